The van der Waals surface area contributed by atoms with Gasteiger partial charge in [0.05, 0.1) is 5.69 Å². The van der Waals surface area contributed by atoms with Crippen LogP contribution in [0.5, 0.6) is 5.75 Å². The quantitative estimate of drug-likeness (QED) is 0.402. The Balaban J connectivity index is 2.50. The van der Waals surface area contributed by atoms with Gasteiger partial charge in [-0.1, -0.05) is 26.0 Å². The Morgan fingerprint density at radius 2 is 2.00 bits per heavy atom. The molecule has 0 aliphatic heterocycles. The zero-order chi connectivity index (χ0) is 18.2. The first-order chi connectivity index (χ1) is 11.2. The number of benzene rings is 1. The van der Waals surface area contributed by atoms with Crippen molar-refractivity contribution >= 4 is 17.6 Å². The van der Waals surface area contributed by atoms with Crippen molar-refractivity contribution in [1.29, 1.82) is 0 Å². The molecule has 0 bridgehead atoms. The lowest BCUT2D eigenvalue weighted by molar-refractivity contribution is -0.274. The van der Waals surface area contributed by atoms with E-state index in [1.54, 1.807) is 19.9 Å². The average Bonchev–Trinajstić information content (AvgIpc) is 2.47. The molecule has 1 aromatic rings. The van der Waals surface area contributed by atoms with E-state index in [0.29, 0.717) is 19.5 Å². The van der Waals surface area contributed by atoms with E-state index in [9.17, 15) is 18.0 Å². The Hall–Kier alpha value is -2.45. The van der Waals surface area contributed by atoms with E-state index in [2.05, 4.69) is 20.4 Å². The lowest BCUT2D eigenvalue weighted by Crippen LogP contribution is -2.29. The highest BCUT2D eigenvalue weighted by Crippen LogP contribution is 2.29. The van der Waals surface area contributed by atoms with Crippen LogP contribution in [0, 0.1) is 5.92 Å². The van der Waals surface area contributed by atoms with E-state index in [1.165, 1.54) is 18.2 Å². The molecule has 1 aromatic carbocycles. The highest BCUT2D eigenvalue weighted by Gasteiger charge is 2.32. The second kappa shape index (κ2) is 8.99. The second-order valence-corrected chi connectivity index (χ2v) is 5.24. The third-order valence-corrected chi connectivity index (χ3v) is 2.82. The normalized spacial score (nSPS) is 12.2. The predicted octanol–water partition coefficient (Wildman–Crippen LogP) is 2.47. The summed E-state index contributed by atoms with van der Waals surface area (Å²) in [6, 6.07) is 5.52. The van der Waals surface area contributed by atoms with Gasteiger partial charge in [-0.3, -0.25) is 9.79 Å². The number of ether oxygens (including phenoxy) is 1. The van der Waals surface area contributed by atoms with Crippen molar-refractivity contribution in [3.63, 3.8) is 0 Å². The van der Waals surface area contributed by atoms with Crippen molar-refractivity contribution in [1.82, 2.24) is 5.32 Å². The van der Waals surface area contributed by atoms with Gasteiger partial charge in [0, 0.05) is 19.0 Å². The number of nitrogens with two attached hydrogens (primary N) is 1. The van der Waals surface area contributed by atoms with Crippen LogP contribution >= 0.6 is 0 Å². The summed E-state index contributed by atoms with van der Waals surface area (Å²) in [6.45, 7) is 4.34. The van der Waals surface area contributed by atoms with Crippen LogP contribution in [-0.2, 0) is 4.79 Å². The third kappa shape index (κ3) is 7.70. The van der Waals surface area contributed by atoms with Crippen LogP contribution < -0.4 is 21.1 Å². The van der Waals surface area contributed by atoms with Gasteiger partial charge in [-0.25, -0.2) is 0 Å². The molecule has 4 N–H and O–H groups in total. The third-order valence-electron chi connectivity index (χ3n) is 2.82. The van der Waals surface area contributed by atoms with E-state index in [0.717, 1.165) is 0 Å². The maximum absolute atomic E-state index is 12.3. The molecule has 6 nitrogen and oxygen atoms in total. The summed E-state index contributed by atoms with van der Waals surface area (Å²) in [7, 11) is 0. The van der Waals surface area contributed by atoms with E-state index < -0.39 is 12.1 Å². The number of hydrogen-bond donors (Lipinski definition) is 3. The highest BCUT2D eigenvalue weighted by molar-refractivity contribution is 5.93. The minimum atomic E-state index is -4.79. The Labute approximate surface area is 138 Å². The average molecular weight is 346 g/mol. The number of carbonyl (C=O) groups excluding carboxylic acids is 1. The molecule has 0 heterocycles. The van der Waals surface area contributed by atoms with Gasteiger partial charge < -0.3 is 21.1 Å². The largest absolute Gasteiger partial charge is 0.573 e. The molecule has 0 fully saturated rings. The van der Waals surface area contributed by atoms with Gasteiger partial charge in [0.25, 0.3) is 0 Å². The Kier molecular flexibility index (Phi) is 7.34. The van der Waals surface area contributed by atoms with Gasteiger partial charge in [0.15, 0.2) is 11.7 Å². The van der Waals surface area contributed by atoms with Crippen molar-refractivity contribution in [3.05, 3.63) is 24.3 Å². The van der Waals surface area contributed by atoms with Gasteiger partial charge in [-0.15, -0.1) is 13.2 Å². The summed E-state index contributed by atoms with van der Waals surface area (Å²) in [4.78, 5) is 15.3. The number of amides is 1. The monoisotopic (exact) mass is 346 g/mol. The number of hydrogen-bond acceptors (Lipinski definition) is 3. The van der Waals surface area contributed by atoms with Crippen LogP contribution in [0.4, 0.5) is 18.9 Å². The molecule has 0 atom stereocenters. The molecule has 0 unspecified atom stereocenters. The standard InChI is InChI=1S/C15H21F3N4O2/c1-10(2)13(23)20-8-5-9-21-14(19)22-11-6-3-4-7-12(11)24-15(16,17)18/h3-4,6-7,10H,5,8-9H2,1-2H3,(H,20,23)(H3,19,21,22). The van der Waals surface area contributed by atoms with Gasteiger partial charge >= 0.3 is 6.36 Å². The van der Waals surface area contributed by atoms with Gasteiger partial charge in [-0.2, -0.15) is 0 Å². The van der Waals surface area contributed by atoms with Crippen LogP contribution in [0.2, 0.25) is 0 Å². The summed E-state index contributed by atoms with van der Waals surface area (Å²) in [5.41, 5.74) is 5.70. The molecular weight excluding hydrogens is 325 g/mol. The molecule has 0 spiro atoms. The van der Waals surface area contributed by atoms with E-state index in [-0.39, 0.29) is 23.5 Å². The van der Waals surface area contributed by atoms with Crippen molar-refractivity contribution in [3.8, 4) is 5.75 Å². The second-order valence-electron chi connectivity index (χ2n) is 5.24. The smallest absolute Gasteiger partial charge is 0.404 e. The lowest BCUT2D eigenvalue weighted by Gasteiger charge is -2.14. The molecule has 134 valence electrons. The fourth-order valence-corrected chi connectivity index (χ4v) is 1.66. The number of nitrogens with one attached hydrogen (secondary N) is 2. The molecular formula is C15H21F3N4O2. The molecule has 0 aliphatic carbocycles. The minimum absolute atomic E-state index is 0.0385. The molecule has 0 aliphatic rings. The first kappa shape index (κ1) is 19.6. The zero-order valence-electron chi connectivity index (χ0n) is 13.5. The lowest BCUT2D eigenvalue weighted by atomic mass is 10.2. The fraction of sp³-hybridized carbons (Fsp3) is 0.467. The number of halogens is 3. The highest BCUT2D eigenvalue weighted by atomic mass is 19.4. The molecule has 0 saturated heterocycles. The van der Waals surface area contributed by atoms with Gasteiger partial charge in [0.2, 0.25) is 5.91 Å². The summed E-state index contributed by atoms with van der Waals surface area (Å²) in [6.07, 6.45) is -4.24. The van der Waals surface area contributed by atoms with Crippen LogP contribution in [-0.4, -0.2) is 31.3 Å². The van der Waals surface area contributed by atoms with Crippen LogP contribution in [0.3, 0.4) is 0 Å². The number of nitrogens with zero attached hydrogens (tertiary/aromatic N) is 1. The van der Waals surface area contributed by atoms with Gasteiger partial charge in [-0.05, 0) is 18.6 Å². The zero-order valence-corrected chi connectivity index (χ0v) is 13.5. The molecule has 1 rings (SSSR count). The Morgan fingerprint density at radius 3 is 2.62 bits per heavy atom. The summed E-state index contributed by atoms with van der Waals surface area (Å²) >= 11 is 0. The topological polar surface area (TPSA) is 88.7 Å². The first-order valence-corrected chi connectivity index (χ1v) is 7.38. The SMILES string of the molecule is CC(C)C(=O)NCCCN=C(N)Nc1ccccc1OC(F)(F)F. The number of rotatable bonds is 7. The maximum Gasteiger partial charge on any atom is 0.573 e. The molecule has 1 amide bonds. The number of anilines is 1. The van der Waals surface area contributed by atoms with E-state index >= 15 is 0 Å². The Bertz CT molecular complexity index is 574. The molecule has 0 aromatic heterocycles. The maximum atomic E-state index is 12.3. The number of guanidine groups is 1. The number of para-hydroxylation sites is 2. The van der Waals surface area contributed by atoms with Crippen LogP contribution in [0.15, 0.2) is 29.3 Å². The number of carbonyl (C=O) groups is 1. The van der Waals surface area contributed by atoms with Crippen molar-refractivity contribution in [2.75, 3.05) is 18.4 Å². The van der Waals surface area contributed by atoms with E-state index in [4.69, 9.17) is 5.73 Å². The summed E-state index contributed by atoms with van der Waals surface area (Å²) in [5.74, 6) is -0.579. The molecule has 0 saturated carbocycles. The number of aliphatic imine (C=N–C) groups is 1. The van der Waals surface area contributed by atoms with Crippen LogP contribution in [0.25, 0.3) is 0 Å². The van der Waals surface area contributed by atoms with Crippen LogP contribution in [0.1, 0.15) is 20.3 Å². The van der Waals surface area contributed by atoms with Crippen molar-refractivity contribution in [2.45, 2.75) is 26.6 Å². The Morgan fingerprint density at radius 1 is 1.33 bits per heavy atom. The molecule has 0 radical (unpaired) electrons. The van der Waals surface area contributed by atoms with Gasteiger partial charge in [0.1, 0.15) is 0 Å². The molecule has 24 heavy (non-hydrogen) atoms. The minimum Gasteiger partial charge on any atom is -0.404 e. The molecule has 9 heteroatoms. The fourth-order valence-electron chi connectivity index (χ4n) is 1.66. The van der Waals surface area contributed by atoms with Crippen molar-refractivity contribution in [2.24, 2.45) is 16.6 Å². The predicted molar refractivity (Wildman–Crippen MR) is 85.7 cm³/mol. The summed E-state index contributed by atoms with van der Waals surface area (Å²) in [5, 5.41) is 5.29. The summed E-state index contributed by atoms with van der Waals surface area (Å²) < 4.78 is 40.9. The van der Waals surface area contributed by atoms with E-state index in [1.807, 2.05) is 0 Å². The van der Waals surface area contributed by atoms with Crippen molar-refractivity contribution < 1.29 is 22.7 Å². The number of alkyl halides is 3. The first-order valence-electron chi connectivity index (χ1n) is 7.38.